The van der Waals surface area contributed by atoms with E-state index >= 15 is 0 Å². The van der Waals surface area contributed by atoms with Crippen LogP contribution in [-0.4, -0.2) is 23.9 Å². The summed E-state index contributed by atoms with van der Waals surface area (Å²) in [6, 6.07) is 0. The fourth-order valence-corrected chi connectivity index (χ4v) is 1.64. The summed E-state index contributed by atoms with van der Waals surface area (Å²) in [7, 11) is 0. The van der Waals surface area contributed by atoms with Crippen molar-refractivity contribution >= 4 is 0 Å². The van der Waals surface area contributed by atoms with Crippen LogP contribution in [0.25, 0.3) is 0 Å². The Morgan fingerprint density at radius 1 is 1.50 bits per heavy atom. The number of unbranched alkanes of at least 4 members (excludes halogenated alkanes) is 1. The largest absolute Gasteiger partial charge is 0.390 e. The number of aliphatic hydroxyl groups excluding tert-OH is 1. The minimum Gasteiger partial charge on any atom is -0.390 e. The van der Waals surface area contributed by atoms with Gasteiger partial charge < -0.3 is 9.84 Å². The molecule has 0 saturated carbocycles. The zero-order chi connectivity index (χ0) is 8.97. The van der Waals surface area contributed by atoms with Gasteiger partial charge in [0.05, 0.1) is 12.7 Å². The van der Waals surface area contributed by atoms with Crippen molar-refractivity contribution in [3.8, 4) is 0 Å². The highest BCUT2D eigenvalue weighted by molar-refractivity contribution is 4.83. The first kappa shape index (κ1) is 10.0. The van der Waals surface area contributed by atoms with Gasteiger partial charge in [-0.3, -0.25) is 0 Å². The van der Waals surface area contributed by atoms with Crippen LogP contribution < -0.4 is 0 Å². The SMILES string of the molecule is CCCCC(CC)C(O)C1CO1. The lowest BCUT2D eigenvalue weighted by molar-refractivity contribution is 0.0697. The molecule has 1 aliphatic heterocycles. The van der Waals surface area contributed by atoms with Gasteiger partial charge in [-0.1, -0.05) is 33.1 Å². The van der Waals surface area contributed by atoms with Gasteiger partial charge >= 0.3 is 0 Å². The summed E-state index contributed by atoms with van der Waals surface area (Å²) >= 11 is 0. The van der Waals surface area contributed by atoms with Crippen molar-refractivity contribution in [3.63, 3.8) is 0 Å². The average molecular weight is 172 g/mol. The van der Waals surface area contributed by atoms with Crippen molar-refractivity contribution in [1.82, 2.24) is 0 Å². The van der Waals surface area contributed by atoms with E-state index in [1.165, 1.54) is 12.8 Å². The molecule has 1 rings (SSSR count). The summed E-state index contributed by atoms with van der Waals surface area (Å²) < 4.78 is 5.08. The van der Waals surface area contributed by atoms with E-state index in [1.807, 2.05) is 0 Å². The molecule has 1 N–H and O–H groups in total. The fourth-order valence-electron chi connectivity index (χ4n) is 1.64. The van der Waals surface area contributed by atoms with Crippen LogP contribution in [0, 0.1) is 5.92 Å². The first-order valence-corrected chi connectivity index (χ1v) is 5.09. The summed E-state index contributed by atoms with van der Waals surface area (Å²) in [5, 5.41) is 9.75. The molecule has 1 fully saturated rings. The second-order valence-corrected chi connectivity index (χ2v) is 3.67. The molecule has 3 unspecified atom stereocenters. The summed E-state index contributed by atoms with van der Waals surface area (Å²) in [6.45, 7) is 5.10. The number of aliphatic hydroxyl groups is 1. The highest BCUT2D eigenvalue weighted by Gasteiger charge is 2.35. The first-order chi connectivity index (χ1) is 5.79. The third-order valence-corrected chi connectivity index (χ3v) is 2.68. The van der Waals surface area contributed by atoms with Crippen molar-refractivity contribution in [2.45, 2.75) is 51.7 Å². The monoisotopic (exact) mass is 172 g/mol. The zero-order valence-corrected chi connectivity index (χ0v) is 8.12. The standard InChI is InChI=1S/C10H20O2/c1-3-5-6-8(4-2)10(11)9-7-12-9/h8-11H,3-7H2,1-2H3. The first-order valence-electron chi connectivity index (χ1n) is 5.09. The summed E-state index contributed by atoms with van der Waals surface area (Å²) in [5.74, 6) is 0.456. The molecule has 0 amide bonds. The van der Waals surface area contributed by atoms with Gasteiger partial charge in [0, 0.05) is 0 Å². The van der Waals surface area contributed by atoms with Crippen molar-refractivity contribution in [3.05, 3.63) is 0 Å². The van der Waals surface area contributed by atoms with Crippen molar-refractivity contribution in [2.24, 2.45) is 5.92 Å². The lowest BCUT2D eigenvalue weighted by Gasteiger charge is -2.19. The molecule has 72 valence electrons. The van der Waals surface area contributed by atoms with Gasteiger partial charge in [0.2, 0.25) is 0 Å². The van der Waals surface area contributed by atoms with Gasteiger partial charge in [0.1, 0.15) is 6.10 Å². The van der Waals surface area contributed by atoms with Gasteiger partial charge in [-0.15, -0.1) is 0 Å². The molecule has 2 heteroatoms. The van der Waals surface area contributed by atoms with Crippen LogP contribution in [-0.2, 0) is 4.74 Å². The van der Waals surface area contributed by atoms with E-state index in [0.29, 0.717) is 5.92 Å². The normalized spacial score (nSPS) is 26.8. The molecule has 1 saturated heterocycles. The highest BCUT2D eigenvalue weighted by Crippen LogP contribution is 2.26. The second-order valence-electron chi connectivity index (χ2n) is 3.67. The Morgan fingerprint density at radius 2 is 2.17 bits per heavy atom. The molecule has 3 atom stereocenters. The Morgan fingerprint density at radius 3 is 2.58 bits per heavy atom. The molecular formula is C10H20O2. The molecule has 2 nitrogen and oxygen atoms in total. The summed E-state index contributed by atoms with van der Waals surface area (Å²) in [6.07, 6.45) is 4.61. The second kappa shape index (κ2) is 4.83. The summed E-state index contributed by atoms with van der Waals surface area (Å²) in [4.78, 5) is 0. The Bertz CT molecular complexity index is 121. The molecular weight excluding hydrogens is 152 g/mol. The third-order valence-electron chi connectivity index (χ3n) is 2.68. The molecule has 1 aliphatic rings. The molecule has 0 aliphatic carbocycles. The lowest BCUT2D eigenvalue weighted by atomic mass is 9.92. The molecule has 0 aromatic heterocycles. The molecule has 0 spiro atoms. The van der Waals surface area contributed by atoms with Gasteiger partial charge in [-0.2, -0.15) is 0 Å². The van der Waals surface area contributed by atoms with E-state index in [-0.39, 0.29) is 12.2 Å². The van der Waals surface area contributed by atoms with Crippen LogP contribution in [0.1, 0.15) is 39.5 Å². The quantitative estimate of drug-likeness (QED) is 0.621. The van der Waals surface area contributed by atoms with Crippen LogP contribution in [0.15, 0.2) is 0 Å². The smallest absolute Gasteiger partial charge is 0.107 e. The molecule has 0 bridgehead atoms. The predicted molar refractivity (Wildman–Crippen MR) is 49.1 cm³/mol. The average Bonchev–Trinajstić information content (AvgIpc) is 2.88. The van der Waals surface area contributed by atoms with Crippen LogP contribution in [0.4, 0.5) is 0 Å². The van der Waals surface area contributed by atoms with E-state index in [4.69, 9.17) is 4.74 Å². The number of ether oxygens (including phenoxy) is 1. The molecule has 12 heavy (non-hydrogen) atoms. The number of epoxide rings is 1. The van der Waals surface area contributed by atoms with Gasteiger partial charge in [-0.25, -0.2) is 0 Å². The van der Waals surface area contributed by atoms with Crippen molar-refractivity contribution in [1.29, 1.82) is 0 Å². The van der Waals surface area contributed by atoms with E-state index in [9.17, 15) is 5.11 Å². The number of hydrogen-bond donors (Lipinski definition) is 1. The van der Waals surface area contributed by atoms with Gasteiger partial charge in [-0.05, 0) is 12.3 Å². The molecule has 0 radical (unpaired) electrons. The fraction of sp³-hybridized carbons (Fsp3) is 1.00. The number of rotatable bonds is 6. The van der Waals surface area contributed by atoms with Crippen molar-refractivity contribution < 1.29 is 9.84 Å². The van der Waals surface area contributed by atoms with E-state index in [2.05, 4.69) is 13.8 Å². The van der Waals surface area contributed by atoms with E-state index in [0.717, 1.165) is 19.4 Å². The third kappa shape index (κ3) is 2.76. The zero-order valence-electron chi connectivity index (χ0n) is 8.12. The minimum atomic E-state index is -0.207. The Hall–Kier alpha value is -0.0800. The minimum absolute atomic E-state index is 0.159. The Labute approximate surface area is 74.9 Å². The maximum Gasteiger partial charge on any atom is 0.107 e. The van der Waals surface area contributed by atoms with Gasteiger partial charge in [0.15, 0.2) is 0 Å². The van der Waals surface area contributed by atoms with Crippen LogP contribution in [0.3, 0.4) is 0 Å². The summed E-state index contributed by atoms with van der Waals surface area (Å²) in [5.41, 5.74) is 0. The predicted octanol–water partition coefficient (Wildman–Crippen LogP) is 1.96. The van der Waals surface area contributed by atoms with Crippen LogP contribution >= 0.6 is 0 Å². The van der Waals surface area contributed by atoms with Crippen molar-refractivity contribution in [2.75, 3.05) is 6.61 Å². The topological polar surface area (TPSA) is 32.8 Å². The molecule has 0 aromatic rings. The Kier molecular flexibility index (Phi) is 4.02. The van der Waals surface area contributed by atoms with Crippen LogP contribution in [0.2, 0.25) is 0 Å². The maximum absolute atomic E-state index is 9.75. The maximum atomic E-state index is 9.75. The number of hydrogen-bond acceptors (Lipinski definition) is 2. The van der Waals surface area contributed by atoms with E-state index < -0.39 is 0 Å². The lowest BCUT2D eigenvalue weighted by Crippen LogP contribution is -2.25. The Balaban J connectivity index is 2.22. The molecule has 0 aromatic carbocycles. The van der Waals surface area contributed by atoms with Crippen LogP contribution in [0.5, 0.6) is 0 Å². The highest BCUT2D eigenvalue weighted by atomic mass is 16.6. The molecule has 1 heterocycles. The van der Waals surface area contributed by atoms with Gasteiger partial charge in [0.25, 0.3) is 0 Å². The van der Waals surface area contributed by atoms with E-state index in [1.54, 1.807) is 0 Å².